The molecule has 0 saturated heterocycles. The lowest BCUT2D eigenvalue weighted by Crippen LogP contribution is -2.26. The third-order valence-corrected chi connectivity index (χ3v) is 4.83. The van der Waals surface area contributed by atoms with Gasteiger partial charge in [0.2, 0.25) is 0 Å². The zero-order valence-electron chi connectivity index (χ0n) is 12.9. The number of halogens is 1. The Kier molecular flexibility index (Phi) is 5.90. The van der Waals surface area contributed by atoms with Crippen LogP contribution in [0.15, 0.2) is 39.8 Å². The maximum Gasteiger partial charge on any atom is 0.0770 e. The van der Waals surface area contributed by atoms with Crippen LogP contribution in [0.2, 0.25) is 0 Å². The maximum absolute atomic E-state index is 4.52. The Hall–Kier alpha value is -0.780. The van der Waals surface area contributed by atoms with Crippen LogP contribution >= 0.6 is 27.7 Å². The molecule has 0 spiro atoms. The first-order valence-corrected chi connectivity index (χ1v) is 9.21. The average Bonchev–Trinajstić information content (AvgIpc) is 2.86. The van der Waals surface area contributed by atoms with Crippen molar-refractivity contribution >= 4 is 27.7 Å². The van der Waals surface area contributed by atoms with E-state index in [2.05, 4.69) is 82.3 Å². The van der Waals surface area contributed by atoms with Crippen LogP contribution in [0.1, 0.15) is 44.1 Å². The summed E-state index contributed by atoms with van der Waals surface area (Å²) in [7, 11) is 0. The van der Waals surface area contributed by atoms with E-state index in [0.29, 0.717) is 6.04 Å². The number of nitrogens with zero attached hydrogens (tertiary/aromatic N) is 2. The average molecular weight is 368 g/mol. The minimum absolute atomic E-state index is 0.137. The van der Waals surface area contributed by atoms with Crippen LogP contribution in [0, 0.1) is 0 Å². The smallest absolute Gasteiger partial charge is 0.0770 e. The standard InChI is InChI=1S/C16H22BrN3S/c1-5-18-15(12-8-6-7-9-14(12)21-4)16-13(17)10-19-20(16)11(2)3/h6-11,15,18H,5H2,1-4H3. The Labute approximate surface area is 139 Å². The van der Waals surface area contributed by atoms with E-state index >= 15 is 0 Å². The SMILES string of the molecule is CCNC(c1ccccc1SC)c1c(Br)cnn1C(C)C. The third kappa shape index (κ3) is 3.52. The lowest BCUT2D eigenvalue weighted by molar-refractivity contribution is 0.473. The van der Waals surface area contributed by atoms with E-state index in [4.69, 9.17) is 0 Å². The number of aromatic nitrogens is 2. The number of hydrogen-bond acceptors (Lipinski definition) is 3. The van der Waals surface area contributed by atoms with E-state index in [0.717, 1.165) is 11.0 Å². The molecule has 0 amide bonds. The van der Waals surface area contributed by atoms with Crippen molar-refractivity contribution in [1.82, 2.24) is 15.1 Å². The summed E-state index contributed by atoms with van der Waals surface area (Å²) in [6, 6.07) is 9.03. The Balaban J connectivity index is 2.56. The van der Waals surface area contributed by atoms with Crippen molar-refractivity contribution in [3.8, 4) is 0 Å². The fourth-order valence-electron chi connectivity index (χ4n) is 2.50. The minimum atomic E-state index is 0.137. The van der Waals surface area contributed by atoms with Gasteiger partial charge in [0.05, 0.1) is 22.4 Å². The van der Waals surface area contributed by atoms with Crippen molar-refractivity contribution in [2.75, 3.05) is 12.8 Å². The second-order valence-corrected chi connectivity index (χ2v) is 6.85. The van der Waals surface area contributed by atoms with E-state index in [1.54, 1.807) is 11.8 Å². The molecule has 2 aromatic rings. The van der Waals surface area contributed by atoms with Gasteiger partial charge in [-0.1, -0.05) is 25.1 Å². The van der Waals surface area contributed by atoms with Crippen molar-refractivity contribution in [2.24, 2.45) is 0 Å². The summed E-state index contributed by atoms with van der Waals surface area (Å²) >= 11 is 5.45. The zero-order chi connectivity index (χ0) is 15.4. The van der Waals surface area contributed by atoms with Crippen molar-refractivity contribution in [1.29, 1.82) is 0 Å². The molecule has 1 atom stereocenters. The van der Waals surface area contributed by atoms with Gasteiger partial charge < -0.3 is 5.32 Å². The highest BCUT2D eigenvalue weighted by Gasteiger charge is 2.24. The van der Waals surface area contributed by atoms with Gasteiger partial charge >= 0.3 is 0 Å². The summed E-state index contributed by atoms with van der Waals surface area (Å²) in [5.74, 6) is 0. The topological polar surface area (TPSA) is 29.9 Å². The number of hydrogen-bond donors (Lipinski definition) is 1. The monoisotopic (exact) mass is 367 g/mol. The van der Waals surface area contributed by atoms with Crippen LogP contribution in [0.5, 0.6) is 0 Å². The molecule has 0 aliphatic carbocycles. The minimum Gasteiger partial charge on any atom is -0.305 e. The Morgan fingerprint density at radius 3 is 2.67 bits per heavy atom. The first-order valence-electron chi connectivity index (χ1n) is 7.19. The Bertz CT molecular complexity index is 595. The third-order valence-electron chi connectivity index (χ3n) is 3.41. The predicted octanol–water partition coefficient (Wildman–Crippen LogP) is 4.65. The molecule has 1 aromatic carbocycles. The molecular formula is C16H22BrN3S. The fourth-order valence-corrected chi connectivity index (χ4v) is 3.63. The summed E-state index contributed by atoms with van der Waals surface area (Å²) in [5.41, 5.74) is 2.49. The normalized spacial score (nSPS) is 12.9. The molecule has 0 fully saturated rings. The molecule has 3 nitrogen and oxygen atoms in total. The summed E-state index contributed by atoms with van der Waals surface area (Å²) in [6.45, 7) is 7.36. The molecule has 1 N–H and O–H groups in total. The molecule has 21 heavy (non-hydrogen) atoms. The van der Waals surface area contributed by atoms with Crippen LogP contribution in [0.4, 0.5) is 0 Å². The first kappa shape index (κ1) is 16.6. The molecule has 0 saturated carbocycles. The molecule has 2 rings (SSSR count). The zero-order valence-corrected chi connectivity index (χ0v) is 15.3. The lowest BCUT2D eigenvalue weighted by Gasteiger charge is -2.24. The van der Waals surface area contributed by atoms with Gasteiger partial charge in [0.25, 0.3) is 0 Å². The van der Waals surface area contributed by atoms with Gasteiger partial charge in [0.15, 0.2) is 0 Å². The molecule has 114 valence electrons. The molecule has 1 aromatic heterocycles. The molecule has 1 heterocycles. The van der Waals surface area contributed by atoms with E-state index in [1.807, 2.05) is 6.20 Å². The van der Waals surface area contributed by atoms with Crippen molar-refractivity contribution in [2.45, 2.75) is 37.8 Å². The summed E-state index contributed by atoms with van der Waals surface area (Å²) in [4.78, 5) is 1.30. The predicted molar refractivity (Wildman–Crippen MR) is 94.1 cm³/mol. The van der Waals surface area contributed by atoms with Crippen LogP contribution in [0.25, 0.3) is 0 Å². The van der Waals surface area contributed by atoms with E-state index in [1.165, 1.54) is 16.2 Å². The molecule has 5 heteroatoms. The van der Waals surface area contributed by atoms with Crippen molar-refractivity contribution in [3.05, 3.63) is 46.2 Å². The van der Waals surface area contributed by atoms with Crippen LogP contribution < -0.4 is 5.32 Å². The fraction of sp³-hybridized carbons (Fsp3) is 0.438. The second kappa shape index (κ2) is 7.47. The number of nitrogens with one attached hydrogen (secondary N) is 1. The molecule has 0 bridgehead atoms. The quantitative estimate of drug-likeness (QED) is 0.753. The molecular weight excluding hydrogens is 346 g/mol. The van der Waals surface area contributed by atoms with E-state index in [-0.39, 0.29) is 6.04 Å². The van der Waals surface area contributed by atoms with Crippen molar-refractivity contribution < 1.29 is 0 Å². The molecule has 1 unspecified atom stereocenters. The maximum atomic E-state index is 4.52. The lowest BCUT2D eigenvalue weighted by atomic mass is 10.0. The highest BCUT2D eigenvalue weighted by Crippen LogP contribution is 2.34. The Morgan fingerprint density at radius 2 is 2.05 bits per heavy atom. The largest absolute Gasteiger partial charge is 0.305 e. The van der Waals surface area contributed by atoms with Gasteiger partial charge in [-0.05, 0) is 54.2 Å². The van der Waals surface area contributed by atoms with Gasteiger partial charge in [-0.2, -0.15) is 5.10 Å². The molecule has 0 radical (unpaired) electrons. The van der Waals surface area contributed by atoms with Gasteiger partial charge in [0.1, 0.15) is 0 Å². The first-order chi connectivity index (χ1) is 10.1. The van der Waals surface area contributed by atoms with Crippen molar-refractivity contribution in [3.63, 3.8) is 0 Å². The van der Waals surface area contributed by atoms with E-state index < -0.39 is 0 Å². The van der Waals surface area contributed by atoms with Crippen LogP contribution in [-0.4, -0.2) is 22.6 Å². The van der Waals surface area contributed by atoms with Crippen LogP contribution in [0.3, 0.4) is 0 Å². The molecule has 0 aliphatic rings. The van der Waals surface area contributed by atoms with Gasteiger partial charge in [0, 0.05) is 10.9 Å². The number of benzene rings is 1. The number of thioether (sulfide) groups is 1. The summed E-state index contributed by atoms with van der Waals surface area (Å²) in [6.07, 6.45) is 4.01. The molecule has 0 aliphatic heterocycles. The number of rotatable bonds is 6. The second-order valence-electron chi connectivity index (χ2n) is 5.15. The summed E-state index contributed by atoms with van der Waals surface area (Å²) in [5, 5.41) is 8.13. The summed E-state index contributed by atoms with van der Waals surface area (Å²) < 4.78 is 3.15. The highest BCUT2D eigenvalue weighted by molar-refractivity contribution is 9.10. The van der Waals surface area contributed by atoms with Gasteiger partial charge in [-0.15, -0.1) is 11.8 Å². The highest BCUT2D eigenvalue weighted by atomic mass is 79.9. The van der Waals surface area contributed by atoms with E-state index in [9.17, 15) is 0 Å². The van der Waals surface area contributed by atoms with Gasteiger partial charge in [-0.25, -0.2) is 0 Å². The van der Waals surface area contributed by atoms with Crippen LogP contribution in [-0.2, 0) is 0 Å². The Morgan fingerprint density at radius 1 is 1.33 bits per heavy atom. The van der Waals surface area contributed by atoms with Gasteiger partial charge in [-0.3, -0.25) is 4.68 Å².